The van der Waals surface area contributed by atoms with Crippen LogP contribution in [0.15, 0.2) is 22.7 Å². The van der Waals surface area contributed by atoms with Crippen LogP contribution in [0, 0.1) is 11.3 Å². The van der Waals surface area contributed by atoms with E-state index in [0.29, 0.717) is 22.1 Å². The van der Waals surface area contributed by atoms with Crippen LogP contribution in [0.3, 0.4) is 0 Å². The van der Waals surface area contributed by atoms with Crippen molar-refractivity contribution in [3.05, 3.63) is 28.2 Å². The van der Waals surface area contributed by atoms with Crippen molar-refractivity contribution in [1.82, 2.24) is 0 Å². The summed E-state index contributed by atoms with van der Waals surface area (Å²) in [7, 11) is 0. The minimum Gasteiger partial charge on any atom is -0.378 e. The minimum absolute atomic E-state index is 0.0332. The molecule has 1 heterocycles. The molecule has 5 heteroatoms. The second-order valence-corrected chi connectivity index (χ2v) is 5.40. The van der Waals surface area contributed by atoms with Crippen molar-refractivity contribution in [1.29, 1.82) is 5.26 Å². The van der Waals surface area contributed by atoms with E-state index in [0.717, 1.165) is 25.9 Å². The van der Waals surface area contributed by atoms with Crippen LogP contribution in [0.1, 0.15) is 31.2 Å². The van der Waals surface area contributed by atoms with Gasteiger partial charge in [0.05, 0.1) is 29.8 Å². The van der Waals surface area contributed by atoms with Crippen LogP contribution in [0.4, 0.5) is 5.69 Å². The first-order valence-corrected chi connectivity index (χ1v) is 7.09. The predicted molar refractivity (Wildman–Crippen MR) is 75.7 cm³/mol. The van der Waals surface area contributed by atoms with Gasteiger partial charge in [-0.05, 0) is 53.4 Å². The third-order valence-electron chi connectivity index (χ3n) is 3.06. The number of ether oxygens (including phenoxy) is 1. The van der Waals surface area contributed by atoms with Gasteiger partial charge < -0.3 is 10.1 Å². The zero-order valence-corrected chi connectivity index (χ0v) is 12.1. The third kappa shape index (κ3) is 4.05. The SMILES string of the molecule is N#Cc1ccc(NC(=O)CC2CCCCO2)c(Br)c1. The summed E-state index contributed by atoms with van der Waals surface area (Å²) in [6, 6.07) is 7.14. The van der Waals surface area contributed by atoms with Gasteiger partial charge in [-0.2, -0.15) is 5.26 Å². The fourth-order valence-corrected chi connectivity index (χ4v) is 2.54. The number of anilines is 1. The van der Waals surface area contributed by atoms with Gasteiger partial charge in [0.25, 0.3) is 0 Å². The summed E-state index contributed by atoms with van der Waals surface area (Å²) in [6.07, 6.45) is 3.57. The number of rotatable bonds is 3. The van der Waals surface area contributed by atoms with Gasteiger partial charge in [0, 0.05) is 11.1 Å². The van der Waals surface area contributed by atoms with Crippen LogP contribution < -0.4 is 5.32 Å². The number of carbonyl (C=O) groups excluding carboxylic acids is 1. The quantitative estimate of drug-likeness (QED) is 0.929. The Bertz CT molecular complexity index is 505. The van der Waals surface area contributed by atoms with Gasteiger partial charge in [0.1, 0.15) is 0 Å². The molecule has 1 aromatic rings. The number of hydrogen-bond donors (Lipinski definition) is 1. The molecular formula is C14H15BrN2O2. The molecule has 0 bridgehead atoms. The van der Waals surface area contributed by atoms with Crippen LogP contribution in [0.25, 0.3) is 0 Å². The summed E-state index contributed by atoms with van der Waals surface area (Å²) in [5.74, 6) is -0.0580. The van der Waals surface area contributed by atoms with Gasteiger partial charge in [-0.3, -0.25) is 4.79 Å². The molecule has 1 aliphatic heterocycles. The molecule has 1 saturated heterocycles. The lowest BCUT2D eigenvalue weighted by Crippen LogP contribution is -2.25. The number of nitrogens with zero attached hydrogens (tertiary/aromatic N) is 1. The largest absolute Gasteiger partial charge is 0.378 e. The van der Waals surface area contributed by atoms with Crippen LogP contribution in [0.5, 0.6) is 0 Å². The molecule has 1 unspecified atom stereocenters. The maximum atomic E-state index is 11.9. The van der Waals surface area contributed by atoms with Gasteiger partial charge in [0.15, 0.2) is 0 Å². The van der Waals surface area contributed by atoms with E-state index in [2.05, 4.69) is 27.3 Å². The van der Waals surface area contributed by atoms with Crippen molar-refractivity contribution >= 4 is 27.5 Å². The van der Waals surface area contributed by atoms with Crippen molar-refractivity contribution in [2.45, 2.75) is 31.8 Å². The first-order chi connectivity index (χ1) is 9.19. The average molecular weight is 323 g/mol. The normalized spacial score (nSPS) is 18.6. The number of nitrogens with one attached hydrogen (secondary N) is 1. The van der Waals surface area contributed by atoms with Crippen LogP contribution >= 0.6 is 15.9 Å². The number of hydrogen-bond acceptors (Lipinski definition) is 3. The van der Waals surface area contributed by atoms with Gasteiger partial charge in [0.2, 0.25) is 5.91 Å². The fourth-order valence-electron chi connectivity index (χ4n) is 2.06. The number of carbonyl (C=O) groups is 1. The molecule has 0 saturated carbocycles. The maximum Gasteiger partial charge on any atom is 0.227 e. The molecule has 1 fully saturated rings. The van der Waals surface area contributed by atoms with Crippen molar-refractivity contribution in [3.63, 3.8) is 0 Å². The number of amides is 1. The lowest BCUT2D eigenvalue weighted by molar-refractivity contribution is -0.119. The van der Waals surface area contributed by atoms with E-state index >= 15 is 0 Å². The van der Waals surface area contributed by atoms with E-state index in [4.69, 9.17) is 10.00 Å². The van der Waals surface area contributed by atoms with Gasteiger partial charge in [-0.1, -0.05) is 0 Å². The zero-order valence-electron chi connectivity index (χ0n) is 10.5. The molecule has 1 atom stereocenters. The summed E-state index contributed by atoms with van der Waals surface area (Å²) in [6.45, 7) is 0.749. The molecule has 1 amide bonds. The van der Waals surface area contributed by atoms with E-state index in [1.165, 1.54) is 0 Å². The van der Waals surface area contributed by atoms with Gasteiger partial charge >= 0.3 is 0 Å². The Morgan fingerprint density at radius 2 is 2.37 bits per heavy atom. The Hall–Kier alpha value is -1.38. The smallest absolute Gasteiger partial charge is 0.227 e. The molecule has 0 spiro atoms. The highest BCUT2D eigenvalue weighted by molar-refractivity contribution is 9.10. The van der Waals surface area contributed by atoms with Crippen LogP contribution in [-0.4, -0.2) is 18.6 Å². The molecular weight excluding hydrogens is 308 g/mol. The molecule has 0 aliphatic carbocycles. The lowest BCUT2D eigenvalue weighted by Gasteiger charge is -2.22. The second-order valence-electron chi connectivity index (χ2n) is 4.55. The van der Waals surface area contributed by atoms with Crippen LogP contribution in [-0.2, 0) is 9.53 Å². The fraction of sp³-hybridized carbons (Fsp3) is 0.429. The summed E-state index contributed by atoms with van der Waals surface area (Å²) >= 11 is 3.34. The Morgan fingerprint density at radius 3 is 3.00 bits per heavy atom. The predicted octanol–water partition coefficient (Wildman–Crippen LogP) is 3.22. The monoisotopic (exact) mass is 322 g/mol. The van der Waals surface area contributed by atoms with E-state index in [-0.39, 0.29) is 12.0 Å². The van der Waals surface area contributed by atoms with E-state index in [1.807, 2.05) is 0 Å². The first kappa shape index (κ1) is 14.0. The first-order valence-electron chi connectivity index (χ1n) is 6.30. The highest BCUT2D eigenvalue weighted by Gasteiger charge is 2.18. The summed E-state index contributed by atoms with van der Waals surface area (Å²) in [4.78, 5) is 11.9. The summed E-state index contributed by atoms with van der Waals surface area (Å²) < 4.78 is 6.25. The molecule has 4 nitrogen and oxygen atoms in total. The molecule has 1 aromatic carbocycles. The standard InChI is InChI=1S/C14H15BrN2O2/c15-12-7-10(9-16)4-5-13(12)17-14(18)8-11-3-1-2-6-19-11/h4-5,7,11H,1-3,6,8H2,(H,17,18). The van der Waals surface area contributed by atoms with E-state index in [1.54, 1.807) is 18.2 Å². The highest BCUT2D eigenvalue weighted by atomic mass is 79.9. The highest BCUT2D eigenvalue weighted by Crippen LogP contribution is 2.24. The Balaban J connectivity index is 1.93. The van der Waals surface area contributed by atoms with Gasteiger partial charge in [-0.25, -0.2) is 0 Å². The molecule has 0 aromatic heterocycles. The van der Waals surface area contributed by atoms with Crippen molar-refractivity contribution < 1.29 is 9.53 Å². The zero-order chi connectivity index (χ0) is 13.7. The van der Waals surface area contributed by atoms with E-state index < -0.39 is 0 Å². The van der Waals surface area contributed by atoms with Gasteiger partial charge in [-0.15, -0.1) is 0 Å². The number of nitriles is 1. The lowest BCUT2D eigenvalue weighted by atomic mass is 10.1. The Labute approximate surface area is 120 Å². The summed E-state index contributed by atoms with van der Waals surface area (Å²) in [5, 5.41) is 11.6. The molecule has 2 rings (SSSR count). The number of halogens is 1. The third-order valence-corrected chi connectivity index (χ3v) is 3.72. The maximum absolute atomic E-state index is 11.9. The molecule has 19 heavy (non-hydrogen) atoms. The summed E-state index contributed by atoms with van der Waals surface area (Å²) in [5.41, 5.74) is 1.24. The molecule has 0 radical (unpaired) electrons. The minimum atomic E-state index is -0.0580. The van der Waals surface area contributed by atoms with E-state index in [9.17, 15) is 4.79 Å². The topological polar surface area (TPSA) is 62.1 Å². The number of benzene rings is 1. The molecule has 1 N–H and O–H groups in total. The average Bonchev–Trinajstić information content (AvgIpc) is 2.42. The van der Waals surface area contributed by atoms with Crippen LogP contribution in [0.2, 0.25) is 0 Å². The molecule has 1 aliphatic rings. The Kier molecular flexibility index (Phi) is 4.94. The Morgan fingerprint density at radius 1 is 1.53 bits per heavy atom. The van der Waals surface area contributed by atoms with Crippen molar-refractivity contribution in [2.24, 2.45) is 0 Å². The van der Waals surface area contributed by atoms with Crippen molar-refractivity contribution in [2.75, 3.05) is 11.9 Å². The molecule has 100 valence electrons. The van der Waals surface area contributed by atoms with Crippen molar-refractivity contribution in [3.8, 4) is 6.07 Å². The second kappa shape index (κ2) is 6.69.